The summed E-state index contributed by atoms with van der Waals surface area (Å²) in [5, 5.41) is 11.5. The quantitative estimate of drug-likeness (QED) is 0.900. The first-order chi connectivity index (χ1) is 9.50. The Labute approximate surface area is 127 Å². The van der Waals surface area contributed by atoms with E-state index >= 15 is 0 Å². The van der Waals surface area contributed by atoms with Crippen molar-refractivity contribution in [3.63, 3.8) is 0 Å². The van der Waals surface area contributed by atoms with Gasteiger partial charge in [-0.1, -0.05) is 26.2 Å². The van der Waals surface area contributed by atoms with Gasteiger partial charge >= 0.3 is 0 Å². The number of aliphatic hydroxyl groups is 1. The normalized spacial score (nSPS) is 18.2. The SMILES string of the molecule is CCCc1nc(CN2CCCCCC2)sc1C(C)(C)O. The number of likely N-dealkylation sites (tertiary alicyclic amines) is 1. The molecule has 2 rings (SSSR count). The van der Waals surface area contributed by atoms with Crippen LogP contribution in [0.4, 0.5) is 0 Å². The zero-order chi connectivity index (χ0) is 14.6. The number of aryl methyl sites for hydroxylation is 1. The lowest BCUT2D eigenvalue weighted by Gasteiger charge is -2.18. The molecule has 0 spiro atoms. The number of nitrogens with zero attached hydrogens (tertiary/aromatic N) is 2. The summed E-state index contributed by atoms with van der Waals surface area (Å²) in [5.41, 5.74) is 0.342. The van der Waals surface area contributed by atoms with Crippen LogP contribution in [0, 0.1) is 0 Å². The standard InChI is InChI=1S/C16H28N2OS/c1-4-9-13-15(16(2,3)19)20-14(17-13)12-18-10-7-5-6-8-11-18/h19H,4-12H2,1-3H3. The molecule has 0 radical (unpaired) electrons. The lowest BCUT2D eigenvalue weighted by Crippen LogP contribution is -2.23. The van der Waals surface area contributed by atoms with Gasteiger partial charge in [0.15, 0.2) is 0 Å². The second-order valence-corrected chi connectivity index (χ2v) is 7.47. The topological polar surface area (TPSA) is 36.4 Å². The van der Waals surface area contributed by atoms with Crippen molar-refractivity contribution in [1.29, 1.82) is 0 Å². The largest absolute Gasteiger partial charge is 0.385 e. The molecule has 114 valence electrons. The van der Waals surface area contributed by atoms with E-state index in [1.807, 2.05) is 13.8 Å². The molecule has 0 atom stereocenters. The minimum atomic E-state index is -0.765. The summed E-state index contributed by atoms with van der Waals surface area (Å²) < 4.78 is 0. The van der Waals surface area contributed by atoms with Crippen LogP contribution >= 0.6 is 11.3 Å². The number of thiazole rings is 1. The third kappa shape index (κ3) is 4.27. The van der Waals surface area contributed by atoms with Crippen molar-refractivity contribution >= 4 is 11.3 Å². The molecule has 3 nitrogen and oxygen atoms in total. The Hall–Kier alpha value is -0.450. The van der Waals surface area contributed by atoms with Crippen LogP contribution in [0.3, 0.4) is 0 Å². The fourth-order valence-electron chi connectivity index (χ4n) is 2.84. The van der Waals surface area contributed by atoms with Crippen molar-refractivity contribution in [3.8, 4) is 0 Å². The van der Waals surface area contributed by atoms with Crippen LogP contribution in [0.15, 0.2) is 0 Å². The van der Waals surface area contributed by atoms with E-state index in [2.05, 4.69) is 11.8 Å². The van der Waals surface area contributed by atoms with Crippen LogP contribution in [-0.2, 0) is 18.6 Å². The summed E-state index contributed by atoms with van der Waals surface area (Å²) in [5.74, 6) is 0. The number of hydrogen-bond acceptors (Lipinski definition) is 4. The molecular formula is C16H28N2OS. The molecule has 1 N–H and O–H groups in total. The minimum Gasteiger partial charge on any atom is -0.385 e. The average molecular weight is 296 g/mol. The van der Waals surface area contributed by atoms with E-state index in [0.29, 0.717) is 0 Å². The van der Waals surface area contributed by atoms with Gasteiger partial charge in [0, 0.05) is 0 Å². The molecule has 1 aliphatic heterocycles. The Morgan fingerprint density at radius 1 is 1.20 bits per heavy atom. The molecule has 0 aromatic carbocycles. The van der Waals surface area contributed by atoms with Crippen LogP contribution in [-0.4, -0.2) is 28.1 Å². The van der Waals surface area contributed by atoms with E-state index in [1.54, 1.807) is 11.3 Å². The fraction of sp³-hybridized carbons (Fsp3) is 0.812. The highest BCUT2D eigenvalue weighted by molar-refractivity contribution is 7.11. The number of hydrogen-bond donors (Lipinski definition) is 1. The van der Waals surface area contributed by atoms with Gasteiger partial charge in [0.25, 0.3) is 0 Å². The van der Waals surface area contributed by atoms with E-state index in [0.717, 1.165) is 30.0 Å². The summed E-state index contributed by atoms with van der Waals surface area (Å²) in [6.45, 7) is 9.26. The van der Waals surface area contributed by atoms with Crippen molar-refractivity contribution in [2.45, 2.75) is 71.4 Å². The second kappa shape index (κ2) is 7.01. The van der Waals surface area contributed by atoms with E-state index in [4.69, 9.17) is 4.98 Å². The molecule has 4 heteroatoms. The highest BCUT2D eigenvalue weighted by atomic mass is 32.1. The summed E-state index contributed by atoms with van der Waals surface area (Å²) in [6, 6.07) is 0. The molecule has 2 heterocycles. The fourth-order valence-corrected chi connectivity index (χ4v) is 3.99. The lowest BCUT2D eigenvalue weighted by atomic mass is 10.0. The zero-order valence-corrected chi connectivity index (χ0v) is 13.9. The highest BCUT2D eigenvalue weighted by Gasteiger charge is 2.25. The summed E-state index contributed by atoms with van der Waals surface area (Å²) >= 11 is 1.70. The smallest absolute Gasteiger partial charge is 0.107 e. The monoisotopic (exact) mass is 296 g/mol. The van der Waals surface area contributed by atoms with Crippen LogP contribution in [0.5, 0.6) is 0 Å². The average Bonchev–Trinajstić information content (AvgIpc) is 2.59. The Bertz CT molecular complexity index is 415. The first kappa shape index (κ1) is 15.9. The molecule has 0 saturated carbocycles. The predicted octanol–water partition coefficient (Wildman–Crippen LogP) is 3.70. The van der Waals surface area contributed by atoms with Gasteiger partial charge in [0.2, 0.25) is 0 Å². The third-order valence-electron chi connectivity index (χ3n) is 3.84. The van der Waals surface area contributed by atoms with Crippen LogP contribution in [0.1, 0.15) is 68.5 Å². The molecule has 1 saturated heterocycles. The Balaban J connectivity index is 2.11. The maximum atomic E-state index is 10.3. The molecule has 20 heavy (non-hydrogen) atoms. The first-order valence-corrected chi connectivity index (χ1v) is 8.76. The molecule has 0 aliphatic carbocycles. The van der Waals surface area contributed by atoms with Gasteiger partial charge in [0.1, 0.15) is 5.01 Å². The van der Waals surface area contributed by atoms with Crippen molar-refractivity contribution < 1.29 is 5.11 Å². The first-order valence-electron chi connectivity index (χ1n) is 7.94. The maximum absolute atomic E-state index is 10.3. The van der Waals surface area contributed by atoms with Gasteiger partial charge < -0.3 is 5.11 Å². The maximum Gasteiger partial charge on any atom is 0.107 e. The molecule has 0 unspecified atom stereocenters. The van der Waals surface area contributed by atoms with Crippen molar-refractivity contribution in [3.05, 3.63) is 15.6 Å². The summed E-state index contributed by atoms with van der Waals surface area (Å²) in [4.78, 5) is 8.39. The third-order valence-corrected chi connectivity index (χ3v) is 5.24. The van der Waals surface area contributed by atoms with Gasteiger partial charge in [0.05, 0.1) is 22.7 Å². The van der Waals surface area contributed by atoms with E-state index in [1.165, 1.54) is 43.8 Å². The summed E-state index contributed by atoms with van der Waals surface area (Å²) in [6.07, 6.45) is 7.40. The van der Waals surface area contributed by atoms with Crippen molar-refractivity contribution in [2.24, 2.45) is 0 Å². The van der Waals surface area contributed by atoms with Gasteiger partial charge in [-0.15, -0.1) is 11.3 Å². The molecule has 1 aromatic heterocycles. The van der Waals surface area contributed by atoms with Crippen molar-refractivity contribution in [2.75, 3.05) is 13.1 Å². The molecule has 1 aromatic rings. The van der Waals surface area contributed by atoms with Gasteiger partial charge in [-0.05, 0) is 46.2 Å². The number of rotatable bonds is 5. The zero-order valence-electron chi connectivity index (χ0n) is 13.1. The predicted molar refractivity (Wildman–Crippen MR) is 85.1 cm³/mol. The Morgan fingerprint density at radius 3 is 2.40 bits per heavy atom. The molecule has 1 fully saturated rings. The van der Waals surface area contributed by atoms with E-state index in [-0.39, 0.29) is 0 Å². The van der Waals surface area contributed by atoms with Crippen LogP contribution < -0.4 is 0 Å². The molecule has 0 amide bonds. The molecule has 0 bridgehead atoms. The van der Waals surface area contributed by atoms with Crippen molar-refractivity contribution in [1.82, 2.24) is 9.88 Å². The molecular weight excluding hydrogens is 268 g/mol. The van der Waals surface area contributed by atoms with Crippen LogP contribution in [0.2, 0.25) is 0 Å². The lowest BCUT2D eigenvalue weighted by molar-refractivity contribution is 0.0813. The summed E-state index contributed by atoms with van der Waals surface area (Å²) in [7, 11) is 0. The van der Waals surface area contributed by atoms with Gasteiger partial charge in [-0.25, -0.2) is 4.98 Å². The number of aromatic nitrogens is 1. The molecule has 1 aliphatic rings. The van der Waals surface area contributed by atoms with E-state index in [9.17, 15) is 5.11 Å². The second-order valence-electron chi connectivity index (χ2n) is 6.38. The van der Waals surface area contributed by atoms with E-state index < -0.39 is 5.60 Å². The highest BCUT2D eigenvalue weighted by Crippen LogP contribution is 2.31. The van der Waals surface area contributed by atoms with Gasteiger partial charge in [-0.3, -0.25) is 4.90 Å². The van der Waals surface area contributed by atoms with Gasteiger partial charge in [-0.2, -0.15) is 0 Å². The Kier molecular flexibility index (Phi) is 5.58. The van der Waals surface area contributed by atoms with Crippen LogP contribution in [0.25, 0.3) is 0 Å². The minimum absolute atomic E-state index is 0.765. The Morgan fingerprint density at radius 2 is 1.85 bits per heavy atom.